The van der Waals surface area contributed by atoms with Crippen molar-refractivity contribution in [2.45, 2.75) is 46.1 Å². The maximum absolute atomic E-state index is 12.4. The molecule has 0 aliphatic carbocycles. The molecule has 162 valence electrons. The fourth-order valence-corrected chi connectivity index (χ4v) is 4.34. The molecule has 9 heteroatoms. The first kappa shape index (κ1) is 23.2. The molecule has 0 bridgehead atoms. The summed E-state index contributed by atoms with van der Waals surface area (Å²) in [6, 6.07) is 6.71. The number of nitrogens with one attached hydrogen (secondary N) is 2. The Bertz CT molecular complexity index is 810. The van der Waals surface area contributed by atoms with Crippen LogP contribution in [0.1, 0.15) is 51.6 Å². The Morgan fingerprint density at radius 1 is 1.17 bits per heavy atom. The van der Waals surface area contributed by atoms with Gasteiger partial charge in [-0.15, -0.1) is 0 Å². The van der Waals surface area contributed by atoms with Crippen molar-refractivity contribution in [1.29, 1.82) is 0 Å². The summed E-state index contributed by atoms with van der Waals surface area (Å²) in [5, 5.41) is 2.22. The molecule has 2 N–H and O–H groups in total. The Hall–Kier alpha value is -2.13. The second-order valence-electron chi connectivity index (χ2n) is 7.77. The molecule has 1 fully saturated rings. The van der Waals surface area contributed by atoms with Gasteiger partial charge in [0.1, 0.15) is 12.3 Å². The molecule has 1 aliphatic heterocycles. The molecule has 1 atom stereocenters. The molecule has 29 heavy (non-hydrogen) atoms. The largest absolute Gasteiger partial charge is 0.493 e. The summed E-state index contributed by atoms with van der Waals surface area (Å²) in [6.45, 7) is 7.08. The molecule has 0 aromatic heterocycles. The van der Waals surface area contributed by atoms with E-state index in [9.17, 15) is 18.0 Å². The summed E-state index contributed by atoms with van der Waals surface area (Å²) >= 11 is 0. The van der Waals surface area contributed by atoms with Gasteiger partial charge in [-0.05, 0) is 43.4 Å². The van der Waals surface area contributed by atoms with Gasteiger partial charge in [0.25, 0.3) is 0 Å². The zero-order valence-corrected chi connectivity index (χ0v) is 18.1. The zero-order valence-electron chi connectivity index (χ0n) is 17.3. The molecule has 1 aliphatic rings. The predicted octanol–water partition coefficient (Wildman–Crippen LogP) is 2.42. The number of carbonyl (C=O) groups excluding carboxylic acids is 2. The van der Waals surface area contributed by atoms with Gasteiger partial charge in [-0.2, -0.15) is 0 Å². The van der Waals surface area contributed by atoms with Gasteiger partial charge in [-0.1, -0.05) is 32.4 Å². The van der Waals surface area contributed by atoms with Gasteiger partial charge in [-0.3, -0.25) is 10.1 Å². The van der Waals surface area contributed by atoms with Crippen molar-refractivity contribution >= 4 is 22.0 Å². The number of sulfonamides is 1. The summed E-state index contributed by atoms with van der Waals surface area (Å²) in [5.41, 5.74) is 0.847. The zero-order chi connectivity index (χ0) is 21.4. The van der Waals surface area contributed by atoms with Gasteiger partial charge in [-0.25, -0.2) is 17.9 Å². The van der Waals surface area contributed by atoms with E-state index in [0.717, 1.165) is 11.3 Å². The van der Waals surface area contributed by atoms with Crippen molar-refractivity contribution in [3.8, 4) is 5.75 Å². The highest BCUT2D eigenvalue weighted by atomic mass is 32.2. The van der Waals surface area contributed by atoms with Crippen LogP contribution in [0.4, 0.5) is 4.79 Å². The van der Waals surface area contributed by atoms with E-state index in [1.165, 1.54) is 4.90 Å². The van der Waals surface area contributed by atoms with E-state index < -0.39 is 10.0 Å². The summed E-state index contributed by atoms with van der Waals surface area (Å²) in [5.74, 6) is 0.863. The first-order valence-electron chi connectivity index (χ1n) is 9.98. The Morgan fingerprint density at radius 2 is 1.93 bits per heavy atom. The van der Waals surface area contributed by atoms with Gasteiger partial charge in [0.15, 0.2) is 0 Å². The lowest BCUT2D eigenvalue weighted by molar-refractivity contribution is -0.118. The smallest absolute Gasteiger partial charge is 0.324 e. The first-order valence-corrected chi connectivity index (χ1v) is 11.6. The minimum atomic E-state index is -3.42. The number of amides is 3. The lowest BCUT2D eigenvalue weighted by Crippen LogP contribution is -2.30. The molecule has 0 saturated carbocycles. The topological polar surface area (TPSA) is 105 Å². The van der Waals surface area contributed by atoms with Crippen LogP contribution in [0, 0.1) is 5.92 Å². The highest BCUT2D eigenvalue weighted by Crippen LogP contribution is 2.20. The number of benzene rings is 1. The van der Waals surface area contributed by atoms with Crippen LogP contribution < -0.4 is 14.8 Å². The molecule has 3 amide bonds. The highest BCUT2D eigenvalue weighted by molar-refractivity contribution is 7.89. The number of urea groups is 1. The number of hydrogen-bond acceptors (Lipinski definition) is 5. The normalized spacial score (nSPS) is 15.7. The number of nitrogens with zero attached hydrogens (tertiary/aromatic N) is 1. The van der Waals surface area contributed by atoms with Crippen molar-refractivity contribution in [3.05, 3.63) is 29.8 Å². The number of hydrogen-bond donors (Lipinski definition) is 2. The molecule has 0 spiro atoms. The molecule has 2 rings (SSSR count). The van der Waals surface area contributed by atoms with Crippen LogP contribution in [0.25, 0.3) is 0 Å². The van der Waals surface area contributed by atoms with E-state index in [0.29, 0.717) is 38.3 Å². The molecule has 1 saturated heterocycles. The minimum absolute atomic E-state index is 0.0198. The summed E-state index contributed by atoms with van der Waals surface area (Å²) < 4.78 is 33.1. The summed E-state index contributed by atoms with van der Waals surface area (Å²) in [6.07, 6.45) is 1.80. The standard InChI is InChI=1S/C20H31N3O5S/c1-15(2)14-28-18-9-7-8-17(12-18)16(3)22-29(26,27)11-6-4-5-10-23-13-19(24)21-20(23)25/h7-9,12,15-16,22H,4-6,10-11,13-14H2,1-3H3,(H,21,24,25)/t16-/m1/s1. The van der Waals surface area contributed by atoms with E-state index in [1.54, 1.807) is 0 Å². The van der Waals surface area contributed by atoms with E-state index >= 15 is 0 Å². The fourth-order valence-electron chi connectivity index (χ4n) is 2.97. The Kier molecular flexibility index (Phi) is 8.45. The number of ether oxygens (including phenoxy) is 1. The van der Waals surface area contributed by atoms with Crippen molar-refractivity contribution in [3.63, 3.8) is 0 Å². The molecule has 1 heterocycles. The van der Waals surface area contributed by atoms with E-state index in [-0.39, 0.29) is 30.3 Å². The third-order valence-electron chi connectivity index (χ3n) is 4.51. The van der Waals surface area contributed by atoms with Crippen molar-refractivity contribution in [2.24, 2.45) is 5.92 Å². The van der Waals surface area contributed by atoms with Crippen LogP contribution in [-0.2, 0) is 14.8 Å². The lowest BCUT2D eigenvalue weighted by Gasteiger charge is -2.16. The summed E-state index contributed by atoms with van der Waals surface area (Å²) in [7, 11) is -3.42. The van der Waals surface area contributed by atoms with Crippen molar-refractivity contribution in [1.82, 2.24) is 14.9 Å². The summed E-state index contributed by atoms with van der Waals surface area (Å²) in [4.78, 5) is 24.0. The molecule has 0 radical (unpaired) electrons. The first-order chi connectivity index (χ1) is 13.7. The molecule has 0 unspecified atom stereocenters. The lowest BCUT2D eigenvalue weighted by atomic mass is 10.1. The molecule has 1 aromatic rings. The fraction of sp³-hybridized carbons (Fsp3) is 0.600. The quantitative estimate of drug-likeness (QED) is 0.395. The van der Waals surface area contributed by atoms with Gasteiger partial charge in [0, 0.05) is 12.6 Å². The van der Waals surface area contributed by atoms with E-state index in [4.69, 9.17) is 4.74 Å². The SMILES string of the molecule is CC(C)COc1cccc([C@@H](C)NS(=O)(=O)CCCCCN2CC(=O)NC2=O)c1. The third-order valence-corrected chi connectivity index (χ3v) is 6.05. The van der Waals surface area contributed by atoms with Crippen LogP contribution in [0.2, 0.25) is 0 Å². The third kappa shape index (κ3) is 8.02. The maximum atomic E-state index is 12.4. The van der Waals surface area contributed by atoms with Crippen molar-refractivity contribution < 1.29 is 22.7 Å². The molecule has 1 aromatic carbocycles. The van der Waals surface area contributed by atoms with Crippen molar-refractivity contribution in [2.75, 3.05) is 25.4 Å². The molecular weight excluding hydrogens is 394 g/mol. The van der Waals surface area contributed by atoms with Crippen LogP contribution in [0.3, 0.4) is 0 Å². The number of rotatable bonds is 12. The van der Waals surface area contributed by atoms with Crippen LogP contribution in [0.15, 0.2) is 24.3 Å². The van der Waals surface area contributed by atoms with Crippen LogP contribution in [-0.4, -0.2) is 50.7 Å². The Balaban J connectivity index is 1.74. The van der Waals surface area contributed by atoms with E-state index in [2.05, 4.69) is 23.9 Å². The maximum Gasteiger partial charge on any atom is 0.324 e. The van der Waals surface area contributed by atoms with E-state index in [1.807, 2.05) is 31.2 Å². The average Bonchev–Trinajstić information content (AvgIpc) is 2.96. The van der Waals surface area contributed by atoms with Gasteiger partial charge < -0.3 is 9.64 Å². The Labute approximate surface area is 173 Å². The molecule has 8 nitrogen and oxygen atoms in total. The number of carbonyl (C=O) groups is 2. The predicted molar refractivity (Wildman–Crippen MR) is 111 cm³/mol. The monoisotopic (exact) mass is 425 g/mol. The second kappa shape index (κ2) is 10.6. The van der Waals surface area contributed by atoms with Gasteiger partial charge >= 0.3 is 6.03 Å². The number of unbranched alkanes of at least 4 members (excludes halogenated alkanes) is 2. The van der Waals surface area contributed by atoms with Crippen LogP contribution >= 0.6 is 0 Å². The highest BCUT2D eigenvalue weighted by Gasteiger charge is 2.25. The van der Waals surface area contributed by atoms with Gasteiger partial charge in [0.05, 0.1) is 12.4 Å². The molecular formula is C20H31N3O5S. The number of imide groups is 1. The minimum Gasteiger partial charge on any atom is -0.493 e. The second-order valence-corrected chi connectivity index (χ2v) is 9.64. The average molecular weight is 426 g/mol. The Morgan fingerprint density at radius 3 is 2.59 bits per heavy atom. The van der Waals surface area contributed by atoms with Crippen LogP contribution in [0.5, 0.6) is 5.75 Å². The van der Waals surface area contributed by atoms with Gasteiger partial charge in [0.2, 0.25) is 15.9 Å².